The lowest BCUT2D eigenvalue weighted by molar-refractivity contribution is 0.0675. The van der Waals surface area contributed by atoms with E-state index in [0.717, 1.165) is 25.3 Å². The Morgan fingerprint density at radius 3 is 2.94 bits per heavy atom. The van der Waals surface area contributed by atoms with E-state index in [-0.39, 0.29) is 6.10 Å². The molecule has 3 atom stereocenters. The highest BCUT2D eigenvalue weighted by atomic mass is 16.3. The van der Waals surface area contributed by atoms with E-state index in [9.17, 15) is 5.11 Å². The molecule has 0 aromatic heterocycles. The van der Waals surface area contributed by atoms with E-state index < -0.39 is 0 Å². The van der Waals surface area contributed by atoms with Gasteiger partial charge in [-0.15, -0.1) is 6.58 Å². The maximum atomic E-state index is 9.99. The van der Waals surface area contributed by atoms with Crippen LogP contribution in [0.1, 0.15) is 25.7 Å². The number of likely N-dealkylation sites (tertiary alicyclic amines) is 2. The normalized spacial score (nSPS) is 32.4. The maximum absolute atomic E-state index is 9.99. The number of nitrogens with zero attached hydrogens (tertiary/aromatic N) is 2. The molecule has 3 heteroatoms. The number of β-amino-alcohol motifs (C(OH)–C–C–N with tert-alkyl or cyclic N) is 1. The van der Waals surface area contributed by atoms with Gasteiger partial charge in [0.25, 0.3) is 0 Å². The number of aliphatic hydroxyl groups excluding tert-OH is 1. The lowest BCUT2D eigenvalue weighted by atomic mass is 9.92. The second-order valence-corrected chi connectivity index (χ2v) is 5.68. The third kappa shape index (κ3) is 3.30. The SMILES string of the molecule is C=CCC[C@H](O)CN1CC[C@H]2CCN(C)C[C@@H]21. The average molecular weight is 238 g/mol. The molecule has 0 aliphatic carbocycles. The predicted octanol–water partition coefficient (Wildman–Crippen LogP) is 1.34. The highest BCUT2D eigenvalue weighted by molar-refractivity contribution is 4.93. The van der Waals surface area contributed by atoms with E-state index in [2.05, 4.69) is 23.4 Å². The molecule has 0 unspecified atom stereocenters. The number of piperidine rings is 1. The zero-order chi connectivity index (χ0) is 12.3. The lowest BCUT2D eigenvalue weighted by Gasteiger charge is -2.37. The van der Waals surface area contributed by atoms with Crippen molar-refractivity contribution in [1.29, 1.82) is 0 Å². The average Bonchev–Trinajstić information content (AvgIpc) is 2.69. The molecule has 2 rings (SSSR count). The first-order valence-electron chi connectivity index (χ1n) is 6.92. The van der Waals surface area contributed by atoms with Crippen LogP contribution in [0.4, 0.5) is 0 Å². The Morgan fingerprint density at radius 2 is 2.18 bits per heavy atom. The fourth-order valence-corrected chi connectivity index (χ4v) is 3.28. The van der Waals surface area contributed by atoms with Crippen molar-refractivity contribution in [2.75, 3.05) is 33.2 Å². The third-order valence-electron chi connectivity index (χ3n) is 4.33. The van der Waals surface area contributed by atoms with E-state index in [0.29, 0.717) is 6.04 Å². The molecule has 0 aromatic rings. The van der Waals surface area contributed by atoms with Crippen molar-refractivity contribution >= 4 is 0 Å². The maximum Gasteiger partial charge on any atom is 0.0670 e. The molecular weight excluding hydrogens is 212 g/mol. The van der Waals surface area contributed by atoms with E-state index in [1.54, 1.807) is 0 Å². The quantitative estimate of drug-likeness (QED) is 0.732. The molecule has 17 heavy (non-hydrogen) atoms. The molecule has 0 radical (unpaired) electrons. The standard InChI is InChI=1S/C14H26N2O/c1-3-4-5-13(17)10-16-9-7-12-6-8-15(2)11-14(12)16/h3,12-14,17H,1,4-11H2,2H3/t12-,13+,14+/m1/s1. The molecule has 2 fully saturated rings. The first kappa shape index (κ1) is 13.1. The predicted molar refractivity (Wildman–Crippen MR) is 71.0 cm³/mol. The summed E-state index contributed by atoms with van der Waals surface area (Å²) < 4.78 is 0. The number of allylic oxidation sites excluding steroid dienone is 1. The molecule has 0 aromatic carbocycles. The Morgan fingerprint density at radius 1 is 1.41 bits per heavy atom. The molecule has 2 aliphatic heterocycles. The number of hydrogen-bond acceptors (Lipinski definition) is 3. The van der Waals surface area contributed by atoms with Crippen LogP contribution in [0.5, 0.6) is 0 Å². The molecule has 0 bridgehead atoms. The van der Waals surface area contributed by atoms with E-state index >= 15 is 0 Å². The Kier molecular flexibility index (Phi) is 4.60. The molecule has 0 amide bonds. The van der Waals surface area contributed by atoms with Crippen molar-refractivity contribution in [1.82, 2.24) is 9.80 Å². The Hall–Kier alpha value is -0.380. The number of rotatable bonds is 5. The zero-order valence-electron chi connectivity index (χ0n) is 11.0. The van der Waals surface area contributed by atoms with Gasteiger partial charge in [0.1, 0.15) is 0 Å². The van der Waals surface area contributed by atoms with Gasteiger partial charge in [0.2, 0.25) is 0 Å². The van der Waals surface area contributed by atoms with Gasteiger partial charge in [0, 0.05) is 19.1 Å². The number of hydrogen-bond donors (Lipinski definition) is 1. The van der Waals surface area contributed by atoms with Crippen LogP contribution >= 0.6 is 0 Å². The van der Waals surface area contributed by atoms with E-state index in [1.807, 2.05) is 6.08 Å². The topological polar surface area (TPSA) is 26.7 Å². The second-order valence-electron chi connectivity index (χ2n) is 5.68. The smallest absolute Gasteiger partial charge is 0.0670 e. The Labute approximate surface area is 105 Å². The van der Waals surface area contributed by atoms with Crippen LogP contribution in [0, 0.1) is 5.92 Å². The summed E-state index contributed by atoms with van der Waals surface area (Å²) in [5, 5.41) is 9.99. The lowest BCUT2D eigenvalue weighted by Crippen LogP contribution is -2.48. The van der Waals surface area contributed by atoms with Crippen LogP contribution in [-0.2, 0) is 0 Å². The molecule has 0 spiro atoms. The monoisotopic (exact) mass is 238 g/mol. The summed E-state index contributed by atoms with van der Waals surface area (Å²) in [4.78, 5) is 4.93. The summed E-state index contributed by atoms with van der Waals surface area (Å²) in [5.74, 6) is 0.873. The summed E-state index contributed by atoms with van der Waals surface area (Å²) in [6.45, 7) is 8.16. The third-order valence-corrected chi connectivity index (χ3v) is 4.33. The van der Waals surface area contributed by atoms with Crippen molar-refractivity contribution in [3.05, 3.63) is 12.7 Å². The van der Waals surface area contributed by atoms with E-state index in [1.165, 1.54) is 32.5 Å². The van der Waals surface area contributed by atoms with Crippen LogP contribution in [-0.4, -0.2) is 60.3 Å². The van der Waals surface area contributed by atoms with Gasteiger partial charge >= 0.3 is 0 Å². The van der Waals surface area contributed by atoms with Gasteiger partial charge in [0.15, 0.2) is 0 Å². The van der Waals surface area contributed by atoms with Crippen LogP contribution < -0.4 is 0 Å². The van der Waals surface area contributed by atoms with Crippen molar-refractivity contribution < 1.29 is 5.11 Å². The zero-order valence-corrected chi connectivity index (χ0v) is 11.0. The summed E-state index contributed by atoms with van der Waals surface area (Å²) in [7, 11) is 2.21. The van der Waals surface area contributed by atoms with Crippen LogP contribution in [0.15, 0.2) is 12.7 Å². The van der Waals surface area contributed by atoms with Gasteiger partial charge in [-0.3, -0.25) is 4.90 Å². The molecule has 1 N–H and O–H groups in total. The number of likely N-dealkylation sites (N-methyl/N-ethyl adjacent to an activating group) is 1. The fourth-order valence-electron chi connectivity index (χ4n) is 3.28. The van der Waals surface area contributed by atoms with Crippen molar-refractivity contribution in [3.63, 3.8) is 0 Å². The first-order chi connectivity index (χ1) is 8.20. The van der Waals surface area contributed by atoms with Gasteiger partial charge in [-0.25, -0.2) is 0 Å². The molecule has 2 aliphatic rings. The molecule has 2 saturated heterocycles. The summed E-state index contributed by atoms with van der Waals surface area (Å²) in [6, 6.07) is 0.687. The number of aliphatic hydroxyl groups is 1. The molecule has 98 valence electrons. The summed E-state index contributed by atoms with van der Waals surface area (Å²) in [6.07, 6.45) is 6.15. The Balaban J connectivity index is 1.82. The minimum atomic E-state index is -0.181. The van der Waals surface area contributed by atoms with E-state index in [4.69, 9.17) is 0 Å². The number of fused-ring (bicyclic) bond motifs is 1. The minimum absolute atomic E-state index is 0.181. The van der Waals surface area contributed by atoms with Crippen LogP contribution in [0.2, 0.25) is 0 Å². The van der Waals surface area contributed by atoms with Gasteiger partial charge in [-0.05, 0) is 51.7 Å². The Bertz CT molecular complexity index is 257. The molecule has 2 heterocycles. The first-order valence-corrected chi connectivity index (χ1v) is 6.92. The van der Waals surface area contributed by atoms with Crippen LogP contribution in [0.3, 0.4) is 0 Å². The summed E-state index contributed by atoms with van der Waals surface area (Å²) in [5.41, 5.74) is 0. The van der Waals surface area contributed by atoms with Gasteiger partial charge in [-0.2, -0.15) is 0 Å². The largest absolute Gasteiger partial charge is 0.392 e. The van der Waals surface area contributed by atoms with Crippen LogP contribution in [0.25, 0.3) is 0 Å². The second kappa shape index (κ2) is 5.98. The fraction of sp³-hybridized carbons (Fsp3) is 0.857. The van der Waals surface area contributed by atoms with Gasteiger partial charge in [-0.1, -0.05) is 6.08 Å². The van der Waals surface area contributed by atoms with Crippen molar-refractivity contribution in [2.24, 2.45) is 5.92 Å². The molecular formula is C14H26N2O. The minimum Gasteiger partial charge on any atom is -0.392 e. The summed E-state index contributed by atoms with van der Waals surface area (Å²) >= 11 is 0. The highest BCUT2D eigenvalue weighted by Crippen LogP contribution is 2.31. The van der Waals surface area contributed by atoms with Gasteiger partial charge < -0.3 is 10.0 Å². The molecule has 3 nitrogen and oxygen atoms in total. The van der Waals surface area contributed by atoms with Crippen molar-refractivity contribution in [2.45, 2.75) is 37.8 Å². The van der Waals surface area contributed by atoms with Gasteiger partial charge in [0.05, 0.1) is 6.10 Å². The molecule has 0 saturated carbocycles. The highest BCUT2D eigenvalue weighted by Gasteiger charge is 2.37. The van der Waals surface area contributed by atoms with Crippen molar-refractivity contribution in [3.8, 4) is 0 Å².